The maximum atomic E-state index is 6.55. The van der Waals surface area contributed by atoms with Crippen molar-refractivity contribution in [3.8, 4) is 5.75 Å². The molecule has 2 aromatic rings. The zero-order chi connectivity index (χ0) is 20.5. The first kappa shape index (κ1) is 22.2. The highest BCUT2D eigenvalue weighted by Crippen LogP contribution is 2.39. The number of benzene rings is 2. The number of hydrogen-bond acceptors (Lipinski definition) is 1. The van der Waals surface area contributed by atoms with Crippen molar-refractivity contribution in [1.29, 1.82) is 0 Å². The molecule has 0 unspecified atom stereocenters. The quantitative estimate of drug-likeness (QED) is 0.354. The van der Waals surface area contributed by atoms with Crippen molar-refractivity contribution in [2.45, 2.75) is 90.6 Å². The van der Waals surface area contributed by atoms with Crippen LogP contribution in [0.25, 0.3) is 0 Å². The second kappa shape index (κ2) is 11.6. The van der Waals surface area contributed by atoms with E-state index in [4.69, 9.17) is 16.3 Å². The molecular weight excluding hydrogens is 376 g/mol. The first-order valence-corrected chi connectivity index (χ1v) is 12.1. The van der Waals surface area contributed by atoms with Crippen LogP contribution in [0.1, 0.15) is 94.2 Å². The van der Waals surface area contributed by atoms with Crippen LogP contribution in [0.2, 0.25) is 5.02 Å². The van der Waals surface area contributed by atoms with E-state index in [0.717, 1.165) is 16.7 Å². The van der Waals surface area contributed by atoms with Crippen molar-refractivity contribution in [2.24, 2.45) is 5.92 Å². The Bertz CT molecular complexity index is 729. The van der Waals surface area contributed by atoms with Crippen LogP contribution in [0, 0.1) is 5.92 Å². The van der Waals surface area contributed by atoms with E-state index in [2.05, 4.69) is 56.3 Å². The number of hydrogen-bond donors (Lipinski definition) is 0. The fourth-order valence-corrected chi connectivity index (χ4v) is 4.75. The van der Waals surface area contributed by atoms with E-state index in [9.17, 15) is 0 Å². The Morgan fingerprint density at radius 1 is 0.862 bits per heavy atom. The summed E-state index contributed by atoms with van der Waals surface area (Å²) in [6.07, 6.45) is 13.0. The first-order chi connectivity index (χ1) is 14.2. The van der Waals surface area contributed by atoms with Crippen LogP contribution < -0.4 is 4.74 Å². The van der Waals surface area contributed by atoms with Gasteiger partial charge in [0.05, 0.1) is 5.02 Å². The number of rotatable bonds is 10. The van der Waals surface area contributed by atoms with Crippen LogP contribution in [0.15, 0.2) is 42.5 Å². The lowest BCUT2D eigenvalue weighted by atomic mass is 9.78. The normalized spacial score (nSPS) is 19.3. The molecule has 0 N–H and O–H groups in total. The molecule has 0 saturated heterocycles. The monoisotopic (exact) mass is 412 g/mol. The van der Waals surface area contributed by atoms with Gasteiger partial charge in [-0.2, -0.15) is 0 Å². The molecule has 1 nitrogen and oxygen atoms in total. The predicted octanol–water partition coefficient (Wildman–Crippen LogP) is 8.73. The van der Waals surface area contributed by atoms with E-state index in [-0.39, 0.29) is 0 Å². The maximum absolute atomic E-state index is 6.55. The minimum absolute atomic E-state index is 0.566. The van der Waals surface area contributed by atoms with E-state index in [1.165, 1.54) is 80.9 Å². The summed E-state index contributed by atoms with van der Waals surface area (Å²) in [6, 6.07) is 15.3. The van der Waals surface area contributed by atoms with Crippen molar-refractivity contribution in [3.05, 3.63) is 64.2 Å². The molecule has 1 saturated carbocycles. The molecule has 2 aromatic carbocycles. The second-order valence-electron chi connectivity index (χ2n) is 8.73. The average Bonchev–Trinajstić information content (AvgIpc) is 2.77. The number of aryl methyl sites for hydroxylation is 1. The van der Waals surface area contributed by atoms with E-state index in [0.29, 0.717) is 12.5 Å². The van der Waals surface area contributed by atoms with E-state index < -0.39 is 0 Å². The van der Waals surface area contributed by atoms with E-state index >= 15 is 0 Å². The van der Waals surface area contributed by atoms with Crippen molar-refractivity contribution in [2.75, 3.05) is 0 Å². The predicted molar refractivity (Wildman–Crippen MR) is 125 cm³/mol. The fourth-order valence-electron chi connectivity index (χ4n) is 4.51. The lowest BCUT2D eigenvalue weighted by molar-refractivity contribution is 0.305. The molecule has 29 heavy (non-hydrogen) atoms. The Hall–Kier alpha value is -1.47. The molecule has 0 bridgehead atoms. The highest BCUT2D eigenvalue weighted by Gasteiger charge is 2.21. The summed E-state index contributed by atoms with van der Waals surface area (Å²) >= 11 is 6.55. The first-order valence-electron chi connectivity index (χ1n) is 11.7. The molecule has 3 rings (SSSR count). The summed E-state index contributed by atoms with van der Waals surface area (Å²) < 4.78 is 6.02. The molecule has 2 heteroatoms. The summed E-state index contributed by atoms with van der Waals surface area (Å²) in [7, 11) is 0. The zero-order valence-corrected chi connectivity index (χ0v) is 19.0. The van der Waals surface area contributed by atoms with Gasteiger partial charge in [-0.05, 0) is 79.2 Å². The van der Waals surface area contributed by atoms with Crippen LogP contribution >= 0.6 is 11.6 Å². The highest BCUT2D eigenvalue weighted by molar-refractivity contribution is 6.32. The summed E-state index contributed by atoms with van der Waals surface area (Å²) in [5.41, 5.74) is 4.00. The minimum atomic E-state index is 0.566. The van der Waals surface area contributed by atoms with Gasteiger partial charge in [-0.15, -0.1) is 0 Å². The Morgan fingerprint density at radius 2 is 1.59 bits per heavy atom. The van der Waals surface area contributed by atoms with Crippen molar-refractivity contribution >= 4 is 11.6 Å². The maximum Gasteiger partial charge on any atom is 0.138 e. The molecule has 1 fully saturated rings. The second-order valence-corrected chi connectivity index (χ2v) is 9.14. The van der Waals surface area contributed by atoms with Gasteiger partial charge in [0.1, 0.15) is 12.4 Å². The van der Waals surface area contributed by atoms with Crippen LogP contribution in [0.5, 0.6) is 5.75 Å². The van der Waals surface area contributed by atoms with Gasteiger partial charge in [0.25, 0.3) is 0 Å². The topological polar surface area (TPSA) is 9.23 Å². The van der Waals surface area contributed by atoms with Crippen molar-refractivity contribution in [1.82, 2.24) is 0 Å². The standard InChI is InChI=1S/C27H37ClO/c1-3-5-6-7-8-22-9-11-23(12-10-22)20-29-27-18-17-25(19-26(27)28)24-15-13-21(4-2)14-16-24/h9-12,17-19,21,24H,3-8,13-16,20H2,1-2H3/t21-,24-. The van der Waals surface area contributed by atoms with Gasteiger partial charge in [0.15, 0.2) is 0 Å². The Labute approximate surface area is 182 Å². The Balaban J connectivity index is 1.49. The van der Waals surface area contributed by atoms with E-state index in [1.807, 2.05) is 0 Å². The highest BCUT2D eigenvalue weighted by atomic mass is 35.5. The third-order valence-corrected chi connectivity index (χ3v) is 6.88. The lowest BCUT2D eigenvalue weighted by Gasteiger charge is -2.28. The van der Waals surface area contributed by atoms with Gasteiger partial charge in [-0.1, -0.05) is 81.5 Å². The van der Waals surface area contributed by atoms with Crippen LogP contribution in [0.3, 0.4) is 0 Å². The third-order valence-electron chi connectivity index (χ3n) is 6.59. The molecular formula is C27H37ClO. The summed E-state index contributed by atoms with van der Waals surface area (Å²) in [6.45, 7) is 5.14. The number of ether oxygens (including phenoxy) is 1. The average molecular weight is 413 g/mol. The van der Waals surface area contributed by atoms with Gasteiger partial charge < -0.3 is 4.74 Å². The van der Waals surface area contributed by atoms with E-state index in [1.54, 1.807) is 0 Å². The summed E-state index contributed by atoms with van der Waals surface area (Å²) in [4.78, 5) is 0. The van der Waals surface area contributed by atoms with Crippen LogP contribution in [0.4, 0.5) is 0 Å². The molecule has 158 valence electrons. The van der Waals surface area contributed by atoms with Crippen molar-refractivity contribution < 1.29 is 4.74 Å². The van der Waals surface area contributed by atoms with Gasteiger partial charge in [0, 0.05) is 0 Å². The molecule has 0 radical (unpaired) electrons. The van der Waals surface area contributed by atoms with Gasteiger partial charge in [-0.25, -0.2) is 0 Å². The van der Waals surface area contributed by atoms with Crippen molar-refractivity contribution in [3.63, 3.8) is 0 Å². The van der Waals surface area contributed by atoms with Crippen LogP contribution in [-0.2, 0) is 13.0 Å². The molecule has 0 atom stereocenters. The molecule has 0 aromatic heterocycles. The number of halogens is 1. The van der Waals surface area contributed by atoms with Crippen LogP contribution in [-0.4, -0.2) is 0 Å². The van der Waals surface area contributed by atoms with Gasteiger partial charge >= 0.3 is 0 Å². The number of unbranched alkanes of at least 4 members (excludes halogenated alkanes) is 3. The molecule has 0 aliphatic heterocycles. The molecule has 0 heterocycles. The SMILES string of the molecule is CCCCCCc1ccc(COc2ccc([C@H]3CC[C@H](CC)CC3)cc2Cl)cc1. The van der Waals surface area contributed by atoms with Gasteiger partial charge in [0.2, 0.25) is 0 Å². The minimum Gasteiger partial charge on any atom is -0.487 e. The molecule has 0 amide bonds. The molecule has 0 spiro atoms. The molecule has 1 aliphatic carbocycles. The smallest absolute Gasteiger partial charge is 0.138 e. The zero-order valence-electron chi connectivity index (χ0n) is 18.3. The largest absolute Gasteiger partial charge is 0.487 e. The third kappa shape index (κ3) is 6.78. The lowest BCUT2D eigenvalue weighted by Crippen LogP contribution is -2.12. The Morgan fingerprint density at radius 3 is 2.24 bits per heavy atom. The summed E-state index contributed by atoms with van der Waals surface area (Å²) in [5, 5.41) is 0.743. The molecule has 1 aliphatic rings. The Kier molecular flexibility index (Phi) is 8.92. The fraction of sp³-hybridized carbons (Fsp3) is 0.556. The van der Waals surface area contributed by atoms with Gasteiger partial charge in [-0.3, -0.25) is 0 Å². The summed E-state index contributed by atoms with van der Waals surface area (Å²) in [5.74, 6) is 2.38.